The third kappa shape index (κ3) is 3.14. The molecule has 6 heteroatoms. The summed E-state index contributed by atoms with van der Waals surface area (Å²) in [5.74, 6) is 0.893. The van der Waals surface area contributed by atoms with Crippen molar-refractivity contribution in [3.05, 3.63) is 52.7 Å². The number of hydrogen-bond donors (Lipinski definition) is 2. The van der Waals surface area contributed by atoms with E-state index in [0.29, 0.717) is 22.2 Å². The largest absolute Gasteiger partial charge is 0.437 e. The minimum Gasteiger partial charge on any atom is -0.437 e. The van der Waals surface area contributed by atoms with Crippen LogP contribution in [0.4, 0.5) is 0 Å². The molecule has 0 saturated carbocycles. The first kappa shape index (κ1) is 13.2. The Morgan fingerprint density at radius 2 is 2.16 bits per heavy atom. The van der Waals surface area contributed by atoms with E-state index in [1.54, 1.807) is 18.2 Å². The molecule has 0 aliphatic heterocycles. The molecule has 0 aliphatic carbocycles. The molecule has 0 fully saturated rings. The van der Waals surface area contributed by atoms with Gasteiger partial charge in [-0.25, -0.2) is 4.98 Å². The molecule has 2 aromatic rings. The summed E-state index contributed by atoms with van der Waals surface area (Å²) >= 11 is 6.06. The number of pyridine rings is 1. The van der Waals surface area contributed by atoms with Crippen LogP contribution in [0.1, 0.15) is 11.1 Å². The summed E-state index contributed by atoms with van der Waals surface area (Å²) < 4.78 is 5.55. The smallest absolute Gasteiger partial charge is 0.219 e. The van der Waals surface area contributed by atoms with Gasteiger partial charge in [-0.05, 0) is 30.7 Å². The highest BCUT2D eigenvalue weighted by atomic mass is 35.5. The maximum atomic E-state index is 8.54. The Labute approximate surface area is 115 Å². The highest BCUT2D eigenvalue weighted by Crippen LogP contribution is 2.28. The number of aromatic nitrogens is 1. The molecule has 0 spiro atoms. The van der Waals surface area contributed by atoms with Gasteiger partial charge in [0.05, 0.1) is 5.02 Å². The molecule has 0 aliphatic rings. The maximum Gasteiger partial charge on any atom is 0.219 e. The van der Waals surface area contributed by atoms with E-state index in [-0.39, 0.29) is 5.84 Å². The van der Waals surface area contributed by atoms with Crippen molar-refractivity contribution >= 4 is 17.4 Å². The number of aryl methyl sites for hydroxylation is 1. The molecule has 1 aromatic carbocycles. The normalized spacial score (nSPS) is 11.4. The number of benzene rings is 1. The number of nitrogens with two attached hydrogens (primary N) is 1. The molecular weight excluding hydrogens is 266 g/mol. The monoisotopic (exact) mass is 277 g/mol. The summed E-state index contributed by atoms with van der Waals surface area (Å²) in [4.78, 5) is 4.05. The van der Waals surface area contributed by atoms with Crippen molar-refractivity contribution < 1.29 is 9.94 Å². The fourth-order valence-corrected chi connectivity index (χ4v) is 1.72. The molecule has 5 nitrogen and oxygen atoms in total. The van der Waals surface area contributed by atoms with Gasteiger partial charge >= 0.3 is 0 Å². The van der Waals surface area contributed by atoms with E-state index in [9.17, 15) is 0 Å². The van der Waals surface area contributed by atoms with E-state index in [2.05, 4.69) is 10.1 Å². The van der Waals surface area contributed by atoms with Gasteiger partial charge in [0.2, 0.25) is 5.88 Å². The molecule has 0 unspecified atom stereocenters. The first-order chi connectivity index (χ1) is 9.10. The molecular formula is C13H12ClN3O2. The summed E-state index contributed by atoms with van der Waals surface area (Å²) in [5, 5.41) is 11.9. The van der Waals surface area contributed by atoms with E-state index in [0.717, 1.165) is 5.56 Å². The number of oxime groups is 1. The van der Waals surface area contributed by atoms with E-state index in [4.69, 9.17) is 27.3 Å². The molecule has 0 saturated heterocycles. The van der Waals surface area contributed by atoms with Crippen LogP contribution < -0.4 is 10.5 Å². The Balaban J connectivity index is 2.20. The van der Waals surface area contributed by atoms with Crippen molar-refractivity contribution in [2.45, 2.75) is 6.92 Å². The Morgan fingerprint density at radius 1 is 1.37 bits per heavy atom. The van der Waals surface area contributed by atoms with E-state index in [1.165, 1.54) is 6.20 Å². The molecule has 98 valence electrons. The fourth-order valence-electron chi connectivity index (χ4n) is 1.45. The molecule has 1 heterocycles. The zero-order valence-corrected chi connectivity index (χ0v) is 10.9. The Bertz CT molecular complexity index is 612. The molecule has 0 radical (unpaired) electrons. The van der Waals surface area contributed by atoms with E-state index in [1.807, 2.05) is 19.1 Å². The molecule has 3 N–H and O–H groups in total. The highest BCUT2D eigenvalue weighted by molar-refractivity contribution is 6.32. The van der Waals surface area contributed by atoms with Gasteiger partial charge in [-0.2, -0.15) is 0 Å². The number of hydrogen-bond acceptors (Lipinski definition) is 4. The summed E-state index contributed by atoms with van der Waals surface area (Å²) in [6.45, 7) is 1.94. The van der Waals surface area contributed by atoms with Gasteiger partial charge in [-0.15, -0.1) is 0 Å². The fraction of sp³-hybridized carbons (Fsp3) is 0.0769. The van der Waals surface area contributed by atoms with Crippen molar-refractivity contribution in [3.8, 4) is 11.6 Å². The van der Waals surface area contributed by atoms with Crippen molar-refractivity contribution in [1.82, 2.24) is 4.98 Å². The van der Waals surface area contributed by atoms with Crippen LogP contribution >= 0.6 is 11.6 Å². The van der Waals surface area contributed by atoms with Crippen LogP contribution in [0.2, 0.25) is 5.02 Å². The molecule has 0 atom stereocenters. The van der Waals surface area contributed by atoms with Crippen molar-refractivity contribution in [3.63, 3.8) is 0 Å². The van der Waals surface area contributed by atoms with Gasteiger partial charge in [-0.3, -0.25) is 0 Å². The summed E-state index contributed by atoms with van der Waals surface area (Å²) in [6, 6.07) is 8.73. The lowest BCUT2D eigenvalue weighted by Gasteiger charge is -2.07. The van der Waals surface area contributed by atoms with Crippen molar-refractivity contribution in [2.75, 3.05) is 0 Å². The lowest BCUT2D eigenvalue weighted by atomic mass is 10.2. The topological polar surface area (TPSA) is 80.7 Å². The second-order valence-electron chi connectivity index (χ2n) is 3.91. The van der Waals surface area contributed by atoms with Gasteiger partial charge < -0.3 is 15.7 Å². The first-order valence-corrected chi connectivity index (χ1v) is 5.86. The molecule has 0 amide bonds. The number of amidine groups is 1. The predicted octanol–water partition coefficient (Wildman–Crippen LogP) is 2.93. The number of rotatable bonds is 3. The predicted molar refractivity (Wildman–Crippen MR) is 73.0 cm³/mol. The van der Waals surface area contributed by atoms with Crippen LogP contribution in [0, 0.1) is 6.92 Å². The number of halogens is 1. The lowest BCUT2D eigenvalue weighted by Crippen LogP contribution is -2.13. The van der Waals surface area contributed by atoms with Crippen LogP contribution in [0.25, 0.3) is 0 Å². The minimum absolute atomic E-state index is 0.00702. The van der Waals surface area contributed by atoms with Crippen molar-refractivity contribution in [1.29, 1.82) is 0 Å². The third-order valence-electron chi connectivity index (χ3n) is 2.44. The van der Waals surface area contributed by atoms with Gasteiger partial charge in [0.25, 0.3) is 0 Å². The lowest BCUT2D eigenvalue weighted by molar-refractivity contribution is 0.318. The Kier molecular flexibility index (Phi) is 3.87. The Morgan fingerprint density at radius 3 is 2.74 bits per heavy atom. The third-order valence-corrected chi connectivity index (χ3v) is 2.74. The van der Waals surface area contributed by atoms with Crippen LogP contribution in [-0.4, -0.2) is 16.0 Å². The Hall–Kier alpha value is -2.27. The zero-order valence-electron chi connectivity index (χ0n) is 10.2. The summed E-state index contributed by atoms with van der Waals surface area (Å²) in [7, 11) is 0. The molecule has 1 aromatic heterocycles. The number of ether oxygens (including phenoxy) is 1. The molecule has 0 bridgehead atoms. The van der Waals surface area contributed by atoms with Crippen LogP contribution in [0.5, 0.6) is 11.6 Å². The summed E-state index contributed by atoms with van der Waals surface area (Å²) in [6.07, 6.45) is 1.45. The van der Waals surface area contributed by atoms with Crippen LogP contribution in [-0.2, 0) is 0 Å². The molecule has 19 heavy (non-hydrogen) atoms. The quantitative estimate of drug-likeness (QED) is 0.391. The van der Waals surface area contributed by atoms with Gasteiger partial charge in [0, 0.05) is 17.8 Å². The first-order valence-electron chi connectivity index (χ1n) is 5.48. The van der Waals surface area contributed by atoms with Crippen LogP contribution in [0.15, 0.2) is 41.7 Å². The number of nitrogens with zero attached hydrogens (tertiary/aromatic N) is 2. The second kappa shape index (κ2) is 5.58. The average molecular weight is 278 g/mol. The van der Waals surface area contributed by atoms with E-state index < -0.39 is 0 Å². The minimum atomic E-state index is -0.00702. The standard InChI is InChI=1S/C13H12ClN3O2/c1-8-2-4-11(10(14)6-8)19-12-5-3-9(7-16-12)13(15)17-18/h2-7,18H,1H3,(H2,15,17). The maximum absolute atomic E-state index is 8.54. The summed E-state index contributed by atoms with van der Waals surface area (Å²) in [5.41, 5.74) is 6.99. The van der Waals surface area contributed by atoms with Crippen LogP contribution in [0.3, 0.4) is 0 Å². The van der Waals surface area contributed by atoms with Gasteiger partial charge in [0.15, 0.2) is 5.84 Å². The van der Waals surface area contributed by atoms with Gasteiger partial charge in [0.1, 0.15) is 5.75 Å². The molecule has 2 rings (SSSR count). The highest BCUT2D eigenvalue weighted by Gasteiger charge is 2.05. The van der Waals surface area contributed by atoms with Gasteiger partial charge in [-0.1, -0.05) is 22.8 Å². The average Bonchev–Trinajstić information content (AvgIpc) is 2.42. The zero-order chi connectivity index (χ0) is 13.8. The van der Waals surface area contributed by atoms with E-state index >= 15 is 0 Å². The second-order valence-corrected chi connectivity index (χ2v) is 4.31. The van der Waals surface area contributed by atoms with Crippen molar-refractivity contribution in [2.24, 2.45) is 10.9 Å². The SMILES string of the molecule is Cc1ccc(Oc2ccc(C(N)=NO)cn2)c(Cl)c1.